The van der Waals surface area contributed by atoms with Crippen LogP contribution >= 0.6 is 12.2 Å². The lowest BCUT2D eigenvalue weighted by atomic mass is 10.0. The summed E-state index contributed by atoms with van der Waals surface area (Å²) < 4.78 is 22.5. The normalized spacial score (nSPS) is 33.1. The number of hydrogen-bond donors (Lipinski definition) is 1. The van der Waals surface area contributed by atoms with Gasteiger partial charge in [0.2, 0.25) is 0 Å². The van der Waals surface area contributed by atoms with E-state index in [1.807, 2.05) is 6.92 Å². The minimum atomic E-state index is -2.87. The second kappa shape index (κ2) is 3.08. The van der Waals surface area contributed by atoms with Gasteiger partial charge >= 0.3 is 0 Å². The average Bonchev–Trinajstić information content (AvgIpc) is 2.03. The first-order valence-corrected chi connectivity index (χ1v) is 6.16. The van der Waals surface area contributed by atoms with Gasteiger partial charge in [0.05, 0.1) is 11.5 Å². The summed E-state index contributed by atoms with van der Waals surface area (Å²) in [5.74, 6) is 0.366. The van der Waals surface area contributed by atoms with Gasteiger partial charge in [-0.1, -0.05) is 4.32 Å². The minimum Gasteiger partial charge on any atom is -0.412 e. The molecular formula is C6H10NO2S3-. The van der Waals surface area contributed by atoms with Gasteiger partial charge in [-0.05, 0) is 13.3 Å². The first kappa shape index (κ1) is 10.1. The average molecular weight is 224 g/mol. The molecule has 0 bridgehead atoms. The van der Waals surface area contributed by atoms with Crippen molar-refractivity contribution in [2.24, 2.45) is 0 Å². The zero-order valence-electron chi connectivity index (χ0n) is 6.66. The zero-order chi connectivity index (χ0) is 9.41. The van der Waals surface area contributed by atoms with Crippen LogP contribution in [0.2, 0.25) is 0 Å². The molecule has 0 aromatic carbocycles. The van der Waals surface area contributed by atoms with Crippen LogP contribution in [0.4, 0.5) is 0 Å². The van der Waals surface area contributed by atoms with E-state index < -0.39 is 15.4 Å². The van der Waals surface area contributed by atoms with E-state index >= 15 is 0 Å². The van der Waals surface area contributed by atoms with E-state index in [-0.39, 0.29) is 15.8 Å². The maximum atomic E-state index is 11.1. The van der Waals surface area contributed by atoms with Crippen molar-refractivity contribution in [3.05, 3.63) is 0 Å². The van der Waals surface area contributed by atoms with E-state index in [2.05, 4.69) is 30.2 Å². The predicted octanol–water partition coefficient (Wildman–Crippen LogP) is -0.0150. The molecular weight excluding hydrogens is 214 g/mol. The van der Waals surface area contributed by atoms with Crippen LogP contribution in [0.5, 0.6) is 0 Å². The lowest BCUT2D eigenvalue weighted by molar-refractivity contribution is 0.478. The van der Waals surface area contributed by atoms with Gasteiger partial charge in [-0.2, -0.15) is 0 Å². The summed E-state index contributed by atoms with van der Waals surface area (Å²) >= 11 is 9.38. The number of rotatable bonds is 1. The fourth-order valence-electron chi connectivity index (χ4n) is 1.36. The Morgan fingerprint density at radius 3 is 2.58 bits per heavy atom. The van der Waals surface area contributed by atoms with Crippen LogP contribution in [0.3, 0.4) is 0 Å². The number of hydrogen-bond acceptors (Lipinski definition) is 4. The summed E-state index contributed by atoms with van der Waals surface area (Å²) in [7, 11) is -2.87. The van der Waals surface area contributed by atoms with Crippen molar-refractivity contribution in [2.75, 3.05) is 11.5 Å². The second-order valence-corrected chi connectivity index (χ2v) is 6.57. The largest absolute Gasteiger partial charge is 0.412 e. The summed E-state index contributed by atoms with van der Waals surface area (Å²) in [6, 6.07) is 0. The lowest BCUT2D eigenvalue weighted by Crippen LogP contribution is -2.45. The summed E-state index contributed by atoms with van der Waals surface area (Å²) in [6.45, 7) is 1.83. The first-order valence-electron chi connectivity index (χ1n) is 3.53. The van der Waals surface area contributed by atoms with Crippen molar-refractivity contribution in [3.63, 3.8) is 0 Å². The lowest BCUT2D eigenvalue weighted by Gasteiger charge is -2.27. The van der Waals surface area contributed by atoms with Crippen LogP contribution in [0, 0.1) is 0 Å². The molecule has 70 valence electrons. The maximum absolute atomic E-state index is 11.1. The Morgan fingerprint density at radius 1 is 1.67 bits per heavy atom. The summed E-state index contributed by atoms with van der Waals surface area (Å²) in [4.78, 5) is 0. The molecule has 1 atom stereocenters. The highest BCUT2D eigenvalue weighted by Crippen LogP contribution is 2.22. The van der Waals surface area contributed by atoms with E-state index in [1.165, 1.54) is 0 Å². The first-order chi connectivity index (χ1) is 5.33. The zero-order valence-corrected chi connectivity index (χ0v) is 9.11. The smallest absolute Gasteiger partial charge is 0.152 e. The number of thiocarbonyl (C=S) groups is 1. The SMILES string of the molecule is CC1(NC(=S)[S-])CCS(=O)(=O)C1. The van der Waals surface area contributed by atoms with Crippen LogP contribution in [0.1, 0.15) is 13.3 Å². The van der Waals surface area contributed by atoms with Gasteiger partial charge in [0.25, 0.3) is 0 Å². The molecule has 1 aliphatic rings. The van der Waals surface area contributed by atoms with E-state index in [1.54, 1.807) is 0 Å². The van der Waals surface area contributed by atoms with Crippen LogP contribution < -0.4 is 5.32 Å². The molecule has 3 nitrogen and oxygen atoms in total. The molecule has 1 heterocycles. The van der Waals surface area contributed by atoms with Gasteiger partial charge in [-0.3, -0.25) is 0 Å². The van der Waals surface area contributed by atoms with Crippen LogP contribution in [0.25, 0.3) is 0 Å². The third-order valence-electron chi connectivity index (χ3n) is 1.91. The molecule has 1 N–H and O–H groups in total. The molecule has 1 fully saturated rings. The molecule has 1 saturated heterocycles. The van der Waals surface area contributed by atoms with Crippen LogP contribution in [0.15, 0.2) is 0 Å². The Hall–Kier alpha value is 0.0600. The highest BCUT2D eigenvalue weighted by Gasteiger charge is 2.37. The Bertz CT molecular complexity index is 298. The van der Waals surface area contributed by atoms with Gasteiger partial charge in [0.1, 0.15) is 0 Å². The Kier molecular flexibility index (Phi) is 2.60. The van der Waals surface area contributed by atoms with Crippen molar-refractivity contribution in [1.29, 1.82) is 0 Å². The molecule has 0 aromatic heterocycles. The standard InChI is InChI=1S/C6H11NO2S3/c1-6(7-5(10)11)2-3-12(8,9)4-6/h2-4H2,1H3,(H2,7,10,11)/p-1. The summed E-state index contributed by atoms with van der Waals surface area (Å²) in [5, 5.41) is 2.84. The maximum Gasteiger partial charge on any atom is 0.152 e. The van der Waals surface area contributed by atoms with Crippen molar-refractivity contribution in [3.8, 4) is 0 Å². The van der Waals surface area contributed by atoms with E-state index in [9.17, 15) is 8.42 Å². The second-order valence-electron chi connectivity index (χ2n) is 3.32. The van der Waals surface area contributed by atoms with Gasteiger partial charge in [-0.25, -0.2) is 8.42 Å². The van der Waals surface area contributed by atoms with Gasteiger partial charge in [-0.15, -0.1) is 0 Å². The van der Waals surface area contributed by atoms with Gasteiger partial charge in [0, 0.05) is 5.54 Å². The van der Waals surface area contributed by atoms with Crippen molar-refractivity contribution >= 4 is 39.0 Å². The Morgan fingerprint density at radius 2 is 2.25 bits per heavy atom. The molecule has 0 radical (unpaired) electrons. The van der Waals surface area contributed by atoms with Crippen molar-refractivity contribution < 1.29 is 8.42 Å². The molecule has 1 unspecified atom stereocenters. The quantitative estimate of drug-likeness (QED) is 0.501. The molecule has 0 aliphatic carbocycles. The molecule has 0 spiro atoms. The van der Waals surface area contributed by atoms with Crippen LogP contribution in [-0.4, -0.2) is 29.8 Å². The molecule has 1 rings (SSSR count). The third-order valence-corrected chi connectivity index (χ3v) is 4.01. The fourth-order valence-corrected chi connectivity index (χ4v) is 3.94. The molecule has 12 heavy (non-hydrogen) atoms. The van der Waals surface area contributed by atoms with Gasteiger partial charge < -0.3 is 30.2 Å². The molecule has 0 saturated carbocycles. The predicted molar refractivity (Wildman–Crippen MR) is 54.8 cm³/mol. The molecule has 6 heteroatoms. The fraction of sp³-hybridized carbons (Fsp3) is 0.833. The van der Waals surface area contributed by atoms with Crippen molar-refractivity contribution in [2.45, 2.75) is 18.9 Å². The molecule has 0 amide bonds. The summed E-state index contributed by atoms with van der Waals surface area (Å²) in [6.07, 6.45) is 0.589. The third kappa shape index (κ3) is 2.53. The monoisotopic (exact) mass is 224 g/mol. The van der Waals surface area contributed by atoms with Crippen LogP contribution in [-0.2, 0) is 22.5 Å². The van der Waals surface area contributed by atoms with Gasteiger partial charge in [0.15, 0.2) is 9.84 Å². The Labute approximate surface area is 83.2 Å². The Balaban J connectivity index is 2.71. The van der Waals surface area contributed by atoms with E-state index in [4.69, 9.17) is 0 Å². The topological polar surface area (TPSA) is 46.2 Å². The van der Waals surface area contributed by atoms with E-state index in [0.717, 1.165) is 0 Å². The molecule has 0 aromatic rings. The molecule has 1 aliphatic heterocycles. The number of nitrogens with one attached hydrogen (secondary N) is 1. The minimum absolute atomic E-state index is 0.136. The number of sulfone groups is 1. The highest BCUT2D eigenvalue weighted by atomic mass is 32.2. The summed E-state index contributed by atoms with van der Waals surface area (Å²) in [5.41, 5.74) is -0.433. The van der Waals surface area contributed by atoms with E-state index in [0.29, 0.717) is 6.42 Å². The highest BCUT2D eigenvalue weighted by molar-refractivity contribution is 8.00. The van der Waals surface area contributed by atoms with Crippen molar-refractivity contribution in [1.82, 2.24) is 5.32 Å².